The van der Waals surface area contributed by atoms with Gasteiger partial charge >= 0.3 is 0 Å². The van der Waals surface area contributed by atoms with Crippen LogP contribution in [0.15, 0.2) is 36.9 Å². The molecule has 1 aromatic carbocycles. The summed E-state index contributed by atoms with van der Waals surface area (Å²) >= 11 is 0. The fourth-order valence-electron chi connectivity index (χ4n) is 5.09. The predicted molar refractivity (Wildman–Crippen MR) is 98.2 cm³/mol. The third kappa shape index (κ3) is 2.91. The zero-order valence-electron chi connectivity index (χ0n) is 15.2. The van der Waals surface area contributed by atoms with Gasteiger partial charge in [-0.05, 0) is 49.3 Å². The van der Waals surface area contributed by atoms with Crippen molar-refractivity contribution < 1.29 is 9.59 Å². The van der Waals surface area contributed by atoms with E-state index in [2.05, 4.69) is 15.1 Å². The zero-order valence-corrected chi connectivity index (χ0v) is 15.2. The first-order valence-electron chi connectivity index (χ1n) is 9.73. The summed E-state index contributed by atoms with van der Waals surface area (Å²) in [6, 6.07) is 7.93. The Labute approximate surface area is 158 Å². The molecule has 3 saturated heterocycles. The Balaban J connectivity index is 1.36. The van der Waals surface area contributed by atoms with Crippen molar-refractivity contribution >= 4 is 11.8 Å². The second-order valence-electron chi connectivity index (χ2n) is 8.00. The molecule has 0 spiro atoms. The first-order valence-corrected chi connectivity index (χ1v) is 9.73. The molecule has 3 aliphatic rings. The molecule has 3 fully saturated rings. The lowest BCUT2D eigenvalue weighted by atomic mass is 9.76. The number of carbonyl (C=O) groups excluding carboxylic acids is 2. The van der Waals surface area contributed by atoms with E-state index in [1.807, 2.05) is 29.2 Å². The van der Waals surface area contributed by atoms with Gasteiger partial charge in [-0.15, -0.1) is 10.2 Å². The van der Waals surface area contributed by atoms with Gasteiger partial charge in [-0.2, -0.15) is 0 Å². The van der Waals surface area contributed by atoms with Gasteiger partial charge in [0.15, 0.2) is 0 Å². The number of rotatable bonds is 2. The van der Waals surface area contributed by atoms with Crippen LogP contribution in [-0.2, 0) is 4.79 Å². The Morgan fingerprint density at radius 1 is 1.11 bits per heavy atom. The first-order chi connectivity index (χ1) is 13.2. The molecule has 7 nitrogen and oxygen atoms in total. The van der Waals surface area contributed by atoms with Gasteiger partial charge in [0, 0.05) is 43.3 Å². The Hall–Kier alpha value is -2.70. The highest BCUT2D eigenvalue weighted by Gasteiger charge is 2.44. The molecule has 1 aromatic heterocycles. The second-order valence-corrected chi connectivity index (χ2v) is 8.00. The van der Waals surface area contributed by atoms with E-state index in [1.54, 1.807) is 17.2 Å². The molecule has 140 valence electrons. The fourth-order valence-corrected chi connectivity index (χ4v) is 5.09. The van der Waals surface area contributed by atoms with E-state index in [-0.39, 0.29) is 5.91 Å². The van der Waals surface area contributed by atoms with Crippen molar-refractivity contribution in [3.63, 3.8) is 0 Å². The fraction of sp³-hybridized carbons (Fsp3) is 0.500. The maximum atomic E-state index is 13.2. The van der Waals surface area contributed by atoms with E-state index in [4.69, 9.17) is 0 Å². The van der Waals surface area contributed by atoms with Crippen LogP contribution in [-0.4, -0.2) is 62.1 Å². The molecule has 2 aromatic rings. The summed E-state index contributed by atoms with van der Waals surface area (Å²) in [5.41, 5.74) is 1.57. The number of piperidine rings is 3. The Kier molecular flexibility index (Phi) is 3.95. The van der Waals surface area contributed by atoms with Gasteiger partial charge in [-0.25, -0.2) is 0 Å². The number of benzene rings is 1. The lowest BCUT2D eigenvalue weighted by Crippen LogP contribution is -2.61. The zero-order chi connectivity index (χ0) is 18.4. The number of aromatic nitrogens is 3. The van der Waals surface area contributed by atoms with Crippen LogP contribution in [0.2, 0.25) is 0 Å². The molecule has 4 heterocycles. The molecule has 3 atom stereocenters. The van der Waals surface area contributed by atoms with Crippen LogP contribution >= 0.6 is 0 Å². The van der Waals surface area contributed by atoms with Gasteiger partial charge in [-0.3, -0.25) is 14.2 Å². The summed E-state index contributed by atoms with van der Waals surface area (Å²) < 4.78 is 1.80. The van der Waals surface area contributed by atoms with Crippen LogP contribution in [0.4, 0.5) is 0 Å². The number of fused-ring (bicyclic) bond motifs is 4. The van der Waals surface area contributed by atoms with E-state index in [9.17, 15) is 9.59 Å². The summed E-state index contributed by atoms with van der Waals surface area (Å²) in [4.78, 5) is 29.6. The molecular formula is C20H23N5O2. The standard InChI is InChI=1S/C20H23N5O2/c26-19-6-2-5-18-16-7-14(10-25(18)19)9-23(11-16)20(27)15-3-1-4-17(8-15)24-12-21-22-13-24/h1,3-4,8,12-14,16,18H,2,5-7,9-11H2/t14-,16+,18+/m1/s1. The quantitative estimate of drug-likeness (QED) is 0.813. The number of likely N-dealkylation sites (tertiary alicyclic amines) is 1. The largest absolute Gasteiger partial charge is 0.339 e. The van der Waals surface area contributed by atoms with Gasteiger partial charge in [0.05, 0.1) is 0 Å². The van der Waals surface area contributed by atoms with Gasteiger partial charge in [0.2, 0.25) is 5.91 Å². The van der Waals surface area contributed by atoms with Crippen LogP contribution in [0.1, 0.15) is 36.0 Å². The van der Waals surface area contributed by atoms with E-state index in [0.29, 0.717) is 35.8 Å². The summed E-state index contributed by atoms with van der Waals surface area (Å²) in [7, 11) is 0. The van der Waals surface area contributed by atoms with E-state index in [0.717, 1.165) is 44.6 Å². The van der Waals surface area contributed by atoms with Gasteiger partial charge in [0.1, 0.15) is 12.7 Å². The average Bonchev–Trinajstić information content (AvgIpc) is 3.23. The van der Waals surface area contributed by atoms with Crippen molar-refractivity contribution in [3.8, 4) is 5.69 Å². The molecule has 7 heteroatoms. The van der Waals surface area contributed by atoms with E-state index < -0.39 is 0 Å². The molecule has 0 radical (unpaired) electrons. The molecular weight excluding hydrogens is 342 g/mol. The Morgan fingerprint density at radius 2 is 1.96 bits per heavy atom. The summed E-state index contributed by atoms with van der Waals surface area (Å²) in [5.74, 6) is 1.19. The smallest absolute Gasteiger partial charge is 0.253 e. The third-order valence-electron chi connectivity index (χ3n) is 6.28. The van der Waals surface area contributed by atoms with Crippen LogP contribution in [0.3, 0.4) is 0 Å². The van der Waals surface area contributed by atoms with Crippen molar-refractivity contribution in [2.24, 2.45) is 11.8 Å². The SMILES string of the molecule is O=C(c1cccc(-n2cnnc2)c1)N1C[C@H]2C[C@@H](C1)[C@@H]1CCCC(=O)N1C2. The second kappa shape index (κ2) is 6.48. The number of hydrogen-bond donors (Lipinski definition) is 0. The lowest BCUT2D eigenvalue weighted by molar-refractivity contribution is -0.144. The number of nitrogens with zero attached hydrogens (tertiary/aromatic N) is 5. The van der Waals surface area contributed by atoms with Crippen molar-refractivity contribution in [2.45, 2.75) is 31.7 Å². The van der Waals surface area contributed by atoms with Crippen LogP contribution in [0.5, 0.6) is 0 Å². The van der Waals surface area contributed by atoms with Crippen LogP contribution in [0.25, 0.3) is 5.69 Å². The molecule has 0 saturated carbocycles. The maximum absolute atomic E-state index is 13.2. The molecule has 5 rings (SSSR count). The maximum Gasteiger partial charge on any atom is 0.253 e. The molecule has 2 amide bonds. The summed E-state index contributed by atoms with van der Waals surface area (Å²) in [6.45, 7) is 2.30. The van der Waals surface area contributed by atoms with Crippen molar-refractivity contribution in [1.29, 1.82) is 0 Å². The van der Waals surface area contributed by atoms with E-state index in [1.165, 1.54) is 0 Å². The Morgan fingerprint density at radius 3 is 2.81 bits per heavy atom. The summed E-state index contributed by atoms with van der Waals surface area (Å²) in [6.07, 6.45) is 7.14. The molecule has 0 N–H and O–H groups in total. The molecule has 27 heavy (non-hydrogen) atoms. The van der Waals surface area contributed by atoms with Gasteiger partial charge in [-0.1, -0.05) is 6.07 Å². The molecule has 0 unspecified atom stereocenters. The number of hydrogen-bond acceptors (Lipinski definition) is 4. The molecule has 2 bridgehead atoms. The predicted octanol–water partition coefficient (Wildman–Crippen LogP) is 1.74. The summed E-state index contributed by atoms with van der Waals surface area (Å²) in [5, 5.41) is 7.66. The first kappa shape index (κ1) is 16.5. The number of carbonyl (C=O) groups is 2. The highest BCUT2D eigenvalue weighted by molar-refractivity contribution is 5.95. The van der Waals surface area contributed by atoms with Crippen molar-refractivity contribution in [3.05, 3.63) is 42.5 Å². The minimum atomic E-state index is 0.0789. The third-order valence-corrected chi connectivity index (χ3v) is 6.28. The highest BCUT2D eigenvalue weighted by atomic mass is 16.2. The minimum Gasteiger partial charge on any atom is -0.339 e. The van der Waals surface area contributed by atoms with Crippen LogP contribution in [0, 0.1) is 11.8 Å². The average molecular weight is 365 g/mol. The lowest BCUT2D eigenvalue weighted by Gasteiger charge is -2.52. The van der Waals surface area contributed by atoms with Crippen molar-refractivity contribution in [2.75, 3.05) is 19.6 Å². The highest BCUT2D eigenvalue weighted by Crippen LogP contribution is 2.38. The van der Waals surface area contributed by atoms with Crippen LogP contribution < -0.4 is 0 Å². The molecule has 3 aliphatic heterocycles. The van der Waals surface area contributed by atoms with Gasteiger partial charge < -0.3 is 9.80 Å². The minimum absolute atomic E-state index is 0.0789. The van der Waals surface area contributed by atoms with Gasteiger partial charge in [0.25, 0.3) is 5.91 Å². The molecule has 0 aliphatic carbocycles. The normalized spacial score (nSPS) is 27.4. The number of amides is 2. The Bertz CT molecular complexity index is 865. The monoisotopic (exact) mass is 365 g/mol. The topological polar surface area (TPSA) is 71.3 Å². The van der Waals surface area contributed by atoms with E-state index >= 15 is 0 Å². The van der Waals surface area contributed by atoms with Crippen molar-refractivity contribution in [1.82, 2.24) is 24.6 Å².